The molecule has 0 aliphatic carbocycles. The summed E-state index contributed by atoms with van der Waals surface area (Å²) in [5.74, 6) is 0.131. The number of benzene rings is 2. The number of amides is 1. The molecule has 0 aliphatic rings. The van der Waals surface area contributed by atoms with Gasteiger partial charge >= 0.3 is 5.97 Å². The summed E-state index contributed by atoms with van der Waals surface area (Å²) in [6, 6.07) is 11.6. The van der Waals surface area contributed by atoms with Gasteiger partial charge in [0.25, 0.3) is 5.91 Å². The zero-order valence-electron chi connectivity index (χ0n) is 14.7. The number of carbonyl (C=O) groups excluding carboxylic acids is 2. The van der Waals surface area contributed by atoms with E-state index in [0.717, 1.165) is 0 Å². The SMILES string of the molecule is COC(=O)c1ccccc1NC(=O)c1ccc(OC(C)C)c(OC)c1. The largest absolute Gasteiger partial charge is 0.493 e. The Kier molecular flexibility index (Phi) is 6.00. The van der Waals surface area contributed by atoms with Gasteiger partial charge in [-0.25, -0.2) is 4.79 Å². The molecule has 0 saturated heterocycles. The lowest BCUT2D eigenvalue weighted by atomic mass is 10.1. The van der Waals surface area contributed by atoms with Gasteiger partial charge in [0.05, 0.1) is 31.6 Å². The fourth-order valence-electron chi connectivity index (χ4n) is 2.23. The van der Waals surface area contributed by atoms with Gasteiger partial charge in [0.1, 0.15) is 0 Å². The van der Waals surface area contributed by atoms with Gasteiger partial charge in [-0.05, 0) is 44.2 Å². The third kappa shape index (κ3) is 4.50. The van der Waals surface area contributed by atoms with Gasteiger partial charge in [0.15, 0.2) is 11.5 Å². The van der Waals surface area contributed by atoms with Crippen LogP contribution in [0.1, 0.15) is 34.6 Å². The van der Waals surface area contributed by atoms with E-state index in [0.29, 0.717) is 22.7 Å². The van der Waals surface area contributed by atoms with Gasteiger partial charge in [-0.1, -0.05) is 12.1 Å². The summed E-state index contributed by atoms with van der Waals surface area (Å²) in [6.07, 6.45) is -0.0134. The van der Waals surface area contributed by atoms with E-state index in [-0.39, 0.29) is 17.6 Å². The second-order valence-corrected chi connectivity index (χ2v) is 5.52. The Bertz CT molecular complexity index is 770. The third-order valence-corrected chi connectivity index (χ3v) is 3.37. The highest BCUT2D eigenvalue weighted by atomic mass is 16.5. The van der Waals surface area contributed by atoms with Crippen molar-refractivity contribution in [2.24, 2.45) is 0 Å². The summed E-state index contributed by atoms with van der Waals surface area (Å²) >= 11 is 0. The molecule has 6 nitrogen and oxygen atoms in total. The minimum atomic E-state index is -0.519. The normalized spacial score (nSPS) is 10.3. The van der Waals surface area contributed by atoms with Crippen LogP contribution < -0.4 is 14.8 Å². The van der Waals surface area contributed by atoms with Crippen LogP contribution in [0.2, 0.25) is 0 Å². The topological polar surface area (TPSA) is 73.9 Å². The molecule has 0 radical (unpaired) electrons. The highest BCUT2D eigenvalue weighted by Gasteiger charge is 2.16. The lowest BCUT2D eigenvalue weighted by Crippen LogP contribution is -2.15. The molecule has 0 atom stereocenters. The quantitative estimate of drug-likeness (QED) is 0.812. The zero-order chi connectivity index (χ0) is 18.4. The molecule has 6 heteroatoms. The highest BCUT2D eigenvalue weighted by Crippen LogP contribution is 2.29. The summed E-state index contributed by atoms with van der Waals surface area (Å²) in [5, 5.41) is 2.72. The van der Waals surface area contributed by atoms with E-state index < -0.39 is 5.97 Å². The van der Waals surface area contributed by atoms with Crippen LogP contribution >= 0.6 is 0 Å². The molecule has 0 unspecified atom stereocenters. The van der Waals surface area contributed by atoms with Crippen LogP contribution in [0.5, 0.6) is 11.5 Å². The first-order chi connectivity index (χ1) is 12.0. The fraction of sp³-hybridized carbons (Fsp3) is 0.263. The van der Waals surface area contributed by atoms with Crippen LogP contribution in [0.25, 0.3) is 0 Å². The number of rotatable bonds is 6. The Morgan fingerprint density at radius 3 is 2.36 bits per heavy atom. The second kappa shape index (κ2) is 8.19. The number of esters is 1. The third-order valence-electron chi connectivity index (χ3n) is 3.37. The molecule has 0 saturated carbocycles. The Morgan fingerprint density at radius 2 is 1.72 bits per heavy atom. The minimum absolute atomic E-state index is 0.0134. The highest BCUT2D eigenvalue weighted by molar-refractivity contribution is 6.08. The van der Waals surface area contributed by atoms with Crippen molar-refractivity contribution in [3.8, 4) is 11.5 Å². The Labute approximate surface area is 146 Å². The lowest BCUT2D eigenvalue weighted by Gasteiger charge is -2.15. The van der Waals surface area contributed by atoms with Gasteiger partial charge in [-0.3, -0.25) is 4.79 Å². The maximum Gasteiger partial charge on any atom is 0.339 e. The monoisotopic (exact) mass is 343 g/mol. The van der Waals surface area contributed by atoms with Crippen molar-refractivity contribution in [1.82, 2.24) is 0 Å². The lowest BCUT2D eigenvalue weighted by molar-refractivity contribution is 0.0602. The van der Waals surface area contributed by atoms with E-state index in [1.165, 1.54) is 14.2 Å². The number of hydrogen-bond donors (Lipinski definition) is 1. The van der Waals surface area contributed by atoms with E-state index in [9.17, 15) is 9.59 Å². The molecule has 0 heterocycles. The molecular weight excluding hydrogens is 322 g/mol. The minimum Gasteiger partial charge on any atom is -0.493 e. The second-order valence-electron chi connectivity index (χ2n) is 5.52. The van der Waals surface area contributed by atoms with E-state index in [2.05, 4.69) is 5.32 Å². The van der Waals surface area contributed by atoms with Crippen molar-refractivity contribution in [3.63, 3.8) is 0 Å². The molecule has 0 aliphatic heterocycles. The van der Waals surface area contributed by atoms with E-state index in [1.54, 1.807) is 42.5 Å². The van der Waals surface area contributed by atoms with Gasteiger partial charge in [0.2, 0.25) is 0 Å². The Hall–Kier alpha value is -3.02. The molecule has 0 fully saturated rings. The van der Waals surface area contributed by atoms with Gasteiger partial charge in [-0.15, -0.1) is 0 Å². The summed E-state index contributed by atoms with van der Waals surface area (Å²) < 4.78 is 15.7. The molecule has 25 heavy (non-hydrogen) atoms. The van der Waals surface area contributed by atoms with E-state index >= 15 is 0 Å². The standard InChI is InChI=1S/C19H21NO5/c1-12(2)25-16-10-9-13(11-17(16)23-3)18(21)20-15-8-6-5-7-14(15)19(22)24-4/h5-12H,1-4H3,(H,20,21). The van der Waals surface area contributed by atoms with Crippen LogP contribution in [0.3, 0.4) is 0 Å². The van der Waals surface area contributed by atoms with Crippen LogP contribution in [0.4, 0.5) is 5.69 Å². The summed E-state index contributed by atoms with van der Waals surface area (Å²) in [7, 11) is 2.80. The summed E-state index contributed by atoms with van der Waals surface area (Å²) in [4.78, 5) is 24.3. The van der Waals surface area contributed by atoms with Crippen molar-refractivity contribution in [3.05, 3.63) is 53.6 Å². The van der Waals surface area contributed by atoms with Crippen LogP contribution in [0, 0.1) is 0 Å². The van der Waals surface area contributed by atoms with Crippen LogP contribution in [0.15, 0.2) is 42.5 Å². The van der Waals surface area contributed by atoms with Crippen molar-refractivity contribution in [2.75, 3.05) is 19.5 Å². The molecule has 2 aromatic rings. The molecule has 1 N–H and O–H groups in total. The van der Waals surface area contributed by atoms with Gasteiger partial charge in [-0.2, -0.15) is 0 Å². The number of hydrogen-bond acceptors (Lipinski definition) is 5. The van der Waals surface area contributed by atoms with Gasteiger partial charge < -0.3 is 19.5 Å². The van der Waals surface area contributed by atoms with Crippen molar-refractivity contribution >= 4 is 17.6 Å². The predicted octanol–water partition coefficient (Wildman–Crippen LogP) is 3.52. The number of carbonyl (C=O) groups is 2. The number of nitrogens with one attached hydrogen (secondary N) is 1. The van der Waals surface area contributed by atoms with Crippen molar-refractivity contribution in [2.45, 2.75) is 20.0 Å². The predicted molar refractivity (Wildman–Crippen MR) is 94.5 cm³/mol. The van der Waals surface area contributed by atoms with E-state index in [4.69, 9.17) is 14.2 Å². The van der Waals surface area contributed by atoms with Crippen molar-refractivity contribution < 1.29 is 23.8 Å². The first-order valence-corrected chi connectivity index (χ1v) is 7.79. The van der Waals surface area contributed by atoms with Crippen LogP contribution in [-0.2, 0) is 4.74 Å². The summed E-state index contributed by atoms with van der Waals surface area (Å²) in [5.41, 5.74) is 1.04. The number of ether oxygens (including phenoxy) is 3. The Morgan fingerprint density at radius 1 is 1.00 bits per heavy atom. The zero-order valence-corrected chi connectivity index (χ0v) is 14.7. The molecule has 0 bridgehead atoms. The fourth-order valence-corrected chi connectivity index (χ4v) is 2.23. The van der Waals surface area contributed by atoms with Crippen molar-refractivity contribution in [1.29, 1.82) is 0 Å². The average Bonchev–Trinajstić information content (AvgIpc) is 2.61. The molecule has 2 aromatic carbocycles. The van der Waals surface area contributed by atoms with E-state index in [1.807, 2.05) is 13.8 Å². The molecule has 0 aromatic heterocycles. The first kappa shape index (κ1) is 18.3. The van der Waals surface area contributed by atoms with Gasteiger partial charge in [0, 0.05) is 5.56 Å². The summed E-state index contributed by atoms with van der Waals surface area (Å²) in [6.45, 7) is 3.81. The molecular formula is C19H21NO5. The molecule has 1 amide bonds. The number of para-hydroxylation sites is 1. The maximum absolute atomic E-state index is 12.5. The average molecular weight is 343 g/mol. The molecule has 132 valence electrons. The Balaban J connectivity index is 2.26. The number of anilines is 1. The number of methoxy groups -OCH3 is 2. The molecule has 0 spiro atoms. The van der Waals surface area contributed by atoms with Crippen LogP contribution in [-0.4, -0.2) is 32.2 Å². The maximum atomic E-state index is 12.5. The smallest absolute Gasteiger partial charge is 0.339 e. The first-order valence-electron chi connectivity index (χ1n) is 7.79. The molecule has 2 rings (SSSR count).